The third-order valence-electron chi connectivity index (χ3n) is 4.02. The summed E-state index contributed by atoms with van der Waals surface area (Å²) < 4.78 is 3.94. The predicted octanol–water partition coefficient (Wildman–Crippen LogP) is 3.45. The molecule has 0 aromatic carbocycles. The molecule has 0 aliphatic heterocycles. The predicted molar refractivity (Wildman–Crippen MR) is 93.7 cm³/mol. The van der Waals surface area contributed by atoms with Gasteiger partial charge in [-0.05, 0) is 24.3 Å². The van der Waals surface area contributed by atoms with Crippen LogP contribution in [0.5, 0.6) is 0 Å². The first kappa shape index (κ1) is 13.4. The highest BCUT2D eigenvalue weighted by Gasteiger charge is 2.29. The summed E-state index contributed by atoms with van der Waals surface area (Å²) in [6, 6.07) is 0. The van der Waals surface area contributed by atoms with Crippen LogP contribution in [0.2, 0.25) is 0 Å². The first-order valence-corrected chi connectivity index (χ1v) is 10.0. The minimum Gasteiger partial charge on any atom is -0.334 e. The van der Waals surface area contributed by atoms with E-state index in [1.165, 1.54) is 27.5 Å². The lowest BCUT2D eigenvalue weighted by Gasteiger charge is -2.05. The Kier molecular flexibility index (Phi) is 3.14. The Balaban J connectivity index is 2.13. The van der Waals surface area contributed by atoms with Crippen LogP contribution < -0.4 is 5.56 Å². The number of pyridine rings is 1. The molecule has 3 aromatic heterocycles. The van der Waals surface area contributed by atoms with E-state index in [0.717, 1.165) is 22.2 Å². The molecule has 21 heavy (non-hydrogen) atoms. The second-order valence-electron chi connectivity index (χ2n) is 5.40. The minimum atomic E-state index is -0.0352. The van der Waals surface area contributed by atoms with E-state index < -0.39 is 0 Å². The maximum absolute atomic E-state index is 12.3. The Bertz CT molecular complexity index is 890. The lowest BCUT2D eigenvalue weighted by molar-refractivity contribution is 0.922. The molecule has 4 rings (SSSR count). The van der Waals surface area contributed by atoms with E-state index >= 15 is 0 Å². The molecule has 7 heteroatoms. The molecule has 1 aliphatic rings. The number of halogens is 1. The van der Waals surface area contributed by atoms with Crippen LogP contribution in [0.1, 0.15) is 24.3 Å². The normalized spacial score (nSPS) is 15.0. The number of imidazole rings is 1. The van der Waals surface area contributed by atoms with Gasteiger partial charge in [-0.15, -0.1) is 0 Å². The molecular formula is C14H13IN4OS. The number of aromatic nitrogens is 4. The fraction of sp³-hybridized carbons (Fsp3) is 0.286. The maximum Gasteiger partial charge on any atom is 0.273 e. The minimum absolute atomic E-state index is 0.0352. The van der Waals surface area contributed by atoms with Crippen molar-refractivity contribution in [3.8, 4) is 11.3 Å². The van der Waals surface area contributed by atoms with Gasteiger partial charge >= 0.3 is 0 Å². The molecule has 3 aromatic rings. The Labute approximate surface area is 137 Å². The summed E-state index contributed by atoms with van der Waals surface area (Å²) >= 11 is 2.21. The van der Waals surface area contributed by atoms with Crippen LogP contribution in [0.3, 0.4) is 0 Å². The standard InChI is InChI=1S/C14H13IN4OS/c1-18-7-16-5-11(18)10-6-19(21-15)13-12(10)9(8-2-3-8)4-17-14(13)20/h4-8H,2-3H2,1H3,(H,17,20). The quantitative estimate of drug-likeness (QED) is 0.671. The van der Waals surface area contributed by atoms with E-state index in [4.69, 9.17) is 0 Å². The molecule has 3 heterocycles. The van der Waals surface area contributed by atoms with Gasteiger partial charge in [0.05, 0.1) is 18.2 Å². The van der Waals surface area contributed by atoms with Gasteiger partial charge < -0.3 is 9.55 Å². The smallest absolute Gasteiger partial charge is 0.273 e. The Hall–Kier alpha value is -1.22. The van der Waals surface area contributed by atoms with Gasteiger partial charge in [-0.3, -0.25) is 8.77 Å². The van der Waals surface area contributed by atoms with Gasteiger partial charge in [-0.25, -0.2) is 4.98 Å². The Morgan fingerprint density at radius 1 is 1.48 bits per heavy atom. The van der Waals surface area contributed by atoms with E-state index in [1.807, 2.05) is 34.2 Å². The number of hydrogen-bond acceptors (Lipinski definition) is 3. The highest BCUT2D eigenvalue weighted by Crippen LogP contribution is 2.45. The molecule has 0 saturated heterocycles. The molecule has 1 saturated carbocycles. The summed E-state index contributed by atoms with van der Waals surface area (Å²) in [5, 5.41) is 1.08. The van der Waals surface area contributed by atoms with Gasteiger partial charge in [-0.1, -0.05) is 0 Å². The first-order valence-electron chi connectivity index (χ1n) is 6.73. The number of hydrogen-bond donors (Lipinski definition) is 1. The Morgan fingerprint density at radius 2 is 2.29 bits per heavy atom. The van der Waals surface area contributed by atoms with Crippen LogP contribution >= 0.6 is 30.3 Å². The van der Waals surface area contributed by atoms with Crippen molar-refractivity contribution in [3.05, 3.63) is 40.8 Å². The maximum atomic E-state index is 12.3. The number of aromatic amines is 1. The van der Waals surface area contributed by atoms with Gasteiger partial charge in [0.15, 0.2) is 0 Å². The monoisotopic (exact) mass is 412 g/mol. The molecule has 0 unspecified atom stereocenters. The molecule has 1 N–H and O–H groups in total. The van der Waals surface area contributed by atoms with Crippen LogP contribution in [-0.2, 0) is 7.05 Å². The number of aryl methyl sites for hydroxylation is 1. The largest absolute Gasteiger partial charge is 0.334 e. The van der Waals surface area contributed by atoms with Crippen molar-refractivity contribution in [3.63, 3.8) is 0 Å². The van der Waals surface area contributed by atoms with Crippen molar-refractivity contribution in [2.45, 2.75) is 18.8 Å². The van der Waals surface area contributed by atoms with Crippen molar-refractivity contribution in [1.82, 2.24) is 18.5 Å². The lowest BCUT2D eigenvalue weighted by atomic mass is 10.0. The van der Waals surface area contributed by atoms with Gasteiger partial charge in [0.2, 0.25) is 0 Å². The average Bonchev–Trinajstić information content (AvgIpc) is 3.12. The second kappa shape index (κ2) is 4.91. The molecule has 0 radical (unpaired) electrons. The van der Waals surface area contributed by atoms with Crippen LogP contribution in [0, 0.1) is 0 Å². The zero-order valence-electron chi connectivity index (χ0n) is 11.3. The van der Waals surface area contributed by atoms with E-state index in [9.17, 15) is 4.79 Å². The summed E-state index contributed by atoms with van der Waals surface area (Å²) in [4.78, 5) is 19.4. The van der Waals surface area contributed by atoms with Crippen LogP contribution in [0.25, 0.3) is 22.2 Å². The van der Waals surface area contributed by atoms with Crippen molar-refractivity contribution in [2.75, 3.05) is 0 Å². The zero-order chi connectivity index (χ0) is 14.6. The number of fused-ring (bicyclic) bond motifs is 1. The summed E-state index contributed by atoms with van der Waals surface area (Å²) in [7, 11) is 3.49. The number of H-pyrrole nitrogens is 1. The highest BCUT2D eigenvalue weighted by atomic mass is 127. The van der Waals surface area contributed by atoms with Crippen molar-refractivity contribution in [2.24, 2.45) is 7.05 Å². The van der Waals surface area contributed by atoms with Crippen LogP contribution in [-0.4, -0.2) is 18.5 Å². The summed E-state index contributed by atoms with van der Waals surface area (Å²) in [6.45, 7) is 0. The van der Waals surface area contributed by atoms with Crippen molar-refractivity contribution < 1.29 is 0 Å². The van der Waals surface area contributed by atoms with Gasteiger partial charge in [0.1, 0.15) is 5.52 Å². The van der Waals surface area contributed by atoms with E-state index in [1.54, 1.807) is 6.33 Å². The first-order chi connectivity index (χ1) is 10.2. The number of nitrogens with one attached hydrogen (secondary N) is 1. The van der Waals surface area contributed by atoms with Gasteiger partial charge in [0, 0.05) is 60.7 Å². The fourth-order valence-corrected chi connectivity index (χ4v) is 4.18. The molecule has 1 aliphatic carbocycles. The van der Waals surface area contributed by atoms with E-state index in [2.05, 4.69) is 31.2 Å². The van der Waals surface area contributed by atoms with Crippen LogP contribution in [0.15, 0.2) is 29.7 Å². The summed E-state index contributed by atoms with van der Waals surface area (Å²) in [5.41, 5.74) is 4.09. The number of rotatable bonds is 3. The number of nitrogens with zero attached hydrogens (tertiary/aromatic N) is 3. The van der Waals surface area contributed by atoms with Gasteiger partial charge in [0.25, 0.3) is 5.56 Å². The van der Waals surface area contributed by atoms with Crippen molar-refractivity contribution in [1.29, 1.82) is 0 Å². The lowest BCUT2D eigenvalue weighted by Crippen LogP contribution is -2.08. The highest BCUT2D eigenvalue weighted by molar-refractivity contribution is 14.2. The molecule has 5 nitrogen and oxygen atoms in total. The molecule has 1 fully saturated rings. The molecule has 0 amide bonds. The topological polar surface area (TPSA) is 55.6 Å². The van der Waals surface area contributed by atoms with Crippen molar-refractivity contribution >= 4 is 41.2 Å². The van der Waals surface area contributed by atoms with Crippen LogP contribution in [0.4, 0.5) is 0 Å². The SMILES string of the molecule is Cn1cncc1-c1cn(SI)c2c(=O)[nH]cc(C3CC3)c12. The molecule has 0 bridgehead atoms. The molecular weight excluding hydrogens is 399 g/mol. The average molecular weight is 412 g/mol. The summed E-state index contributed by atoms with van der Waals surface area (Å²) in [6.07, 6.45) is 9.99. The van der Waals surface area contributed by atoms with E-state index in [0.29, 0.717) is 5.92 Å². The zero-order valence-corrected chi connectivity index (χ0v) is 14.3. The fourth-order valence-electron chi connectivity index (χ4n) is 2.86. The third kappa shape index (κ3) is 2.05. The van der Waals surface area contributed by atoms with Gasteiger partial charge in [-0.2, -0.15) is 0 Å². The third-order valence-corrected chi connectivity index (χ3v) is 5.73. The summed E-state index contributed by atoms with van der Waals surface area (Å²) in [5.74, 6) is 0.575. The molecule has 0 spiro atoms. The molecule has 0 atom stereocenters. The van der Waals surface area contributed by atoms with E-state index in [-0.39, 0.29) is 5.56 Å². The molecule has 108 valence electrons. The second-order valence-corrected chi connectivity index (χ2v) is 7.11. The Morgan fingerprint density at radius 3 is 2.90 bits per heavy atom.